The second-order valence-corrected chi connectivity index (χ2v) is 7.59. The molecule has 0 spiro atoms. The summed E-state index contributed by atoms with van der Waals surface area (Å²) in [5, 5.41) is -0.770. The highest BCUT2D eigenvalue weighted by molar-refractivity contribution is 7.92. The number of rotatable bonds is 5. The Labute approximate surface area is 151 Å². The molecule has 0 N–H and O–H groups in total. The van der Waals surface area contributed by atoms with Crippen molar-refractivity contribution in [3.63, 3.8) is 0 Å². The van der Waals surface area contributed by atoms with E-state index in [1.165, 1.54) is 24.3 Å². The van der Waals surface area contributed by atoms with Crippen LogP contribution in [0.4, 0.5) is 18.9 Å². The number of nitrogens with zero attached hydrogens (tertiary/aromatic N) is 1. The molecule has 2 aromatic rings. The quantitative estimate of drug-likeness (QED) is 0.688. The van der Waals surface area contributed by atoms with Crippen LogP contribution in [0.2, 0.25) is 5.02 Å². The van der Waals surface area contributed by atoms with Crippen molar-refractivity contribution in [3.8, 4) is 0 Å². The number of carbonyl (C=O) groups excluding carboxylic acids is 1. The second kappa shape index (κ2) is 7.23. The Morgan fingerprint density at radius 2 is 1.68 bits per heavy atom. The van der Waals surface area contributed by atoms with Gasteiger partial charge in [0.25, 0.3) is 10.0 Å². The Balaban J connectivity index is 2.57. The first kappa shape index (κ1) is 19.6. The van der Waals surface area contributed by atoms with Crippen LogP contribution in [-0.2, 0) is 21.0 Å². The molecule has 0 saturated carbocycles. The molecule has 0 radical (unpaired) electrons. The van der Waals surface area contributed by atoms with E-state index in [-0.39, 0.29) is 15.6 Å². The van der Waals surface area contributed by atoms with Crippen LogP contribution < -0.4 is 4.31 Å². The average Bonchev–Trinajstić information content (AvgIpc) is 2.52. The average molecular weight is 412 g/mol. The molecular weight excluding hydrogens is 402 g/mol. The zero-order chi connectivity index (χ0) is 18.8. The smallest absolute Gasteiger partial charge is 0.279 e. The summed E-state index contributed by atoms with van der Waals surface area (Å²) in [7, 11) is -4.33. The molecule has 4 nitrogen and oxygen atoms in total. The van der Waals surface area contributed by atoms with Crippen LogP contribution in [0.3, 0.4) is 0 Å². The summed E-state index contributed by atoms with van der Waals surface area (Å²) >= 11 is 11.0. The second-order valence-electron chi connectivity index (χ2n) is 4.87. The molecule has 2 rings (SSSR count). The van der Waals surface area contributed by atoms with Gasteiger partial charge < -0.3 is 0 Å². The summed E-state index contributed by atoms with van der Waals surface area (Å²) in [6.07, 6.45) is -4.67. The van der Waals surface area contributed by atoms with Gasteiger partial charge in [-0.2, -0.15) is 13.2 Å². The number of hydrogen-bond donors (Lipinski definition) is 0. The van der Waals surface area contributed by atoms with Crippen molar-refractivity contribution in [2.45, 2.75) is 11.1 Å². The van der Waals surface area contributed by atoms with E-state index in [4.69, 9.17) is 23.2 Å². The molecule has 0 heterocycles. The van der Waals surface area contributed by atoms with Gasteiger partial charge in [0.1, 0.15) is 6.54 Å². The van der Waals surface area contributed by atoms with Crippen LogP contribution >= 0.6 is 23.2 Å². The van der Waals surface area contributed by atoms with Crippen molar-refractivity contribution >= 4 is 44.2 Å². The zero-order valence-corrected chi connectivity index (χ0v) is 14.6. The Hall–Kier alpha value is -1.77. The SMILES string of the molecule is O=C(Cl)CN(c1cccc(C(F)(F)F)c1)S(=O)(=O)c1ccc(Cl)cc1. The van der Waals surface area contributed by atoms with E-state index < -0.39 is 33.6 Å². The standard InChI is InChI=1S/C15H10Cl2F3NO3S/c16-11-4-6-13(7-5-11)25(23,24)21(9-14(17)22)12-3-1-2-10(8-12)15(18,19)20/h1-8H,9H2. The van der Waals surface area contributed by atoms with Crippen LogP contribution in [0.25, 0.3) is 0 Å². The van der Waals surface area contributed by atoms with E-state index in [1.54, 1.807) is 0 Å². The maximum Gasteiger partial charge on any atom is 0.416 e. The van der Waals surface area contributed by atoms with Crippen LogP contribution in [0.5, 0.6) is 0 Å². The lowest BCUT2D eigenvalue weighted by Crippen LogP contribution is -2.34. The fourth-order valence-electron chi connectivity index (χ4n) is 2.00. The van der Waals surface area contributed by atoms with E-state index >= 15 is 0 Å². The van der Waals surface area contributed by atoms with Crippen molar-refractivity contribution in [1.29, 1.82) is 0 Å². The van der Waals surface area contributed by atoms with Crippen LogP contribution in [-0.4, -0.2) is 20.2 Å². The first-order valence-electron chi connectivity index (χ1n) is 6.66. The van der Waals surface area contributed by atoms with Crippen molar-refractivity contribution in [2.75, 3.05) is 10.8 Å². The van der Waals surface area contributed by atoms with Crippen LogP contribution in [0, 0.1) is 0 Å². The third-order valence-electron chi connectivity index (χ3n) is 3.13. The molecule has 25 heavy (non-hydrogen) atoms. The number of benzene rings is 2. The highest BCUT2D eigenvalue weighted by atomic mass is 35.5. The number of halogens is 5. The lowest BCUT2D eigenvalue weighted by molar-refractivity contribution is -0.137. The minimum absolute atomic E-state index is 0.243. The largest absolute Gasteiger partial charge is 0.416 e. The minimum atomic E-state index is -4.67. The molecule has 0 unspecified atom stereocenters. The highest BCUT2D eigenvalue weighted by Crippen LogP contribution is 2.33. The van der Waals surface area contributed by atoms with Crippen molar-refractivity contribution in [1.82, 2.24) is 0 Å². The monoisotopic (exact) mass is 411 g/mol. The Morgan fingerprint density at radius 1 is 1.08 bits per heavy atom. The van der Waals surface area contributed by atoms with E-state index in [0.29, 0.717) is 10.4 Å². The number of hydrogen-bond acceptors (Lipinski definition) is 3. The van der Waals surface area contributed by atoms with E-state index in [2.05, 4.69) is 0 Å². The van der Waals surface area contributed by atoms with Gasteiger partial charge in [0.15, 0.2) is 0 Å². The van der Waals surface area contributed by atoms with Crippen molar-refractivity contribution < 1.29 is 26.4 Å². The predicted octanol–water partition coefficient (Wildman–Crippen LogP) is 4.32. The van der Waals surface area contributed by atoms with Gasteiger partial charge in [0, 0.05) is 5.02 Å². The molecule has 0 aliphatic heterocycles. The Bertz CT molecular complexity index is 884. The van der Waals surface area contributed by atoms with Gasteiger partial charge in [-0.25, -0.2) is 8.42 Å². The molecule has 134 valence electrons. The highest BCUT2D eigenvalue weighted by Gasteiger charge is 2.33. The van der Waals surface area contributed by atoms with Crippen LogP contribution in [0.15, 0.2) is 53.4 Å². The maximum absolute atomic E-state index is 12.9. The minimum Gasteiger partial charge on any atom is -0.279 e. The molecule has 0 fully saturated rings. The van der Waals surface area contributed by atoms with E-state index in [9.17, 15) is 26.4 Å². The first-order chi connectivity index (χ1) is 11.5. The van der Waals surface area contributed by atoms with Crippen LogP contribution in [0.1, 0.15) is 5.56 Å². The molecule has 0 aromatic heterocycles. The topological polar surface area (TPSA) is 54.5 Å². The van der Waals surface area contributed by atoms with Gasteiger partial charge in [-0.1, -0.05) is 17.7 Å². The van der Waals surface area contributed by atoms with Gasteiger partial charge in [-0.15, -0.1) is 0 Å². The molecule has 0 bridgehead atoms. The summed E-state index contributed by atoms with van der Waals surface area (Å²) in [6.45, 7) is -0.826. The first-order valence-corrected chi connectivity index (χ1v) is 8.85. The molecular formula is C15H10Cl2F3NO3S. The van der Waals surface area contributed by atoms with Gasteiger partial charge in [-0.3, -0.25) is 9.10 Å². The maximum atomic E-state index is 12.9. The molecule has 0 aliphatic rings. The number of carbonyl (C=O) groups is 1. The van der Waals surface area contributed by atoms with E-state index in [1.807, 2.05) is 0 Å². The molecule has 2 aromatic carbocycles. The molecule has 10 heteroatoms. The third kappa shape index (κ3) is 4.65. The van der Waals surface area contributed by atoms with Crippen molar-refractivity contribution in [3.05, 3.63) is 59.1 Å². The summed E-state index contributed by atoms with van der Waals surface area (Å²) in [6, 6.07) is 8.58. The molecule has 0 amide bonds. The summed E-state index contributed by atoms with van der Waals surface area (Å²) in [5.74, 6) is 0. The molecule has 0 aliphatic carbocycles. The summed E-state index contributed by atoms with van der Waals surface area (Å²) in [5.41, 5.74) is -1.39. The fraction of sp³-hybridized carbons (Fsp3) is 0.133. The Morgan fingerprint density at radius 3 is 2.20 bits per heavy atom. The number of anilines is 1. The lowest BCUT2D eigenvalue weighted by Gasteiger charge is -2.23. The Kier molecular flexibility index (Phi) is 5.65. The molecule has 0 saturated heterocycles. The predicted molar refractivity (Wildman–Crippen MR) is 88.3 cm³/mol. The summed E-state index contributed by atoms with van der Waals surface area (Å²) in [4.78, 5) is 11.0. The van der Waals surface area contributed by atoms with Gasteiger partial charge in [0.2, 0.25) is 5.24 Å². The summed E-state index contributed by atoms with van der Waals surface area (Å²) < 4.78 is 64.6. The fourth-order valence-corrected chi connectivity index (χ4v) is 3.73. The number of alkyl halides is 3. The number of sulfonamides is 1. The normalized spacial score (nSPS) is 12.0. The van der Waals surface area contributed by atoms with Gasteiger partial charge >= 0.3 is 6.18 Å². The van der Waals surface area contributed by atoms with E-state index in [0.717, 1.165) is 18.2 Å². The van der Waals surface area contributed by atoms with Gasteiger partial charge in [0.05, 0.1) is 16.1 Å². The zero-order valence-electron chi connectivity index (χ0n) is 12.3. The van der Waals surface area contributed by atoms with Gasteiger partial charge in [-0.05, 0) is 54.1 Å². The molecule has 0 atom stereocenters. The lowest BCUT2D eigenvalue weighted by atomic mass is 10.2. The third-order valence-corrected chi connectivity index (χ3v) is 5.29. The van der Waals surface area contributed by atoms with Crippen molar-refractivity contribution in [2.24, 2.45) is 0 Å².